The van der Waals surface area contributed by atoms with Gasteiger partial charge < -0.3 is 14.8 Å². The lowest BCUT2D eigenvalue weighted by Gasteiger charge is -2.14. The number of anilines is 1. The van der Waals surface area contributed by atoms with E-state index in [1.807, 2.05) is 6.07 Å². The van der Waals surface area contributed by atoms with Crippen LogP contribution in [-0.2, 0) is 27.1 Å². The van der Waals surface area contributed by atoms with E-state index < -0.39 is 23.9 Å². The summed E-state index contributed by atoms with van der Waals surface area (Å²) in [4.78, 5) is 47.8. The van der Waals surface area contributed by atoms with Crippen LogP contribution >= 0.6 is 11.3 Å². The molecule has 2 aromatic heterocycles. The second-order valence-electron chi connectivity index (χ2n) is 8.12. The Kier molecular flexibility index (Phi) is 7.52. The number of aromatic nitrogens is 2. The summed E-state index contributed by atoms with van der Waals surface area (Å²) >= 11 is 1.41. The average molecular weight is 482 g/mol. The van der Waals surface area contributed by atoms with Crippen molar-refractivity contribution in [3.63, 3.8) is 0 Å². The Morgan fingerprint density at radius 3 is 2.56 bits per heavy atom. The van der Waals surface area contributed by atoms with Gasteiger partial charge >= 0.3 is 11.9 Å². The lowest BCUT2D eigenvalue weighted by molar-refractivity contribution is -0.123. The highest BCUT2D eigenvalue weighted by Crippen LogP contribution is 2.37. The summed E-state index contributed by atoms with van der Waals surface area (Å²) in [5.41, 5.74) is 2.63. The van der Waals surface area contributed by atoms with Crippen molar-refractivity contribution in [3.05, 3.63) is 52.2 Å². The number of benzene rings is 1. The molecule has 0 radical (unpaired) electrons. The van der Waals surface area contributed by atoms with Crippen LogP contribution in [0.15, 0.2) is 30.5 Å². The highest BCUT2D eigenvalue weighted by molar-refractivity contribution is 7.17. The molecule has 8 nitrogen and oxygen atoms in total. The van der Waals surface area contributed by atoms with E-state index in [-0.39, 0.29) is 12.3 Å². The maximum absolute atomic E-state index is 12.9. The third-order valence-corrected chi connectivity index (χ3v) is 6.91. The number of aryl methyl sites for hydroxylation is 1. The number of nitrogens with one attached hydrogen (secondary N) is 1. The molecule has 1 N–H and O–H groups in total. The van der Waals surface area contributed by atoms with Crippen molar-refractivity contribution in [3.8, 4) is 0 Å². The molecule has 0 bridgehead atoms. The summed E-state index contributed by atoms with van der Waals surface area (Å²) in [5.74, 6) is -1.71. The first-order valence-corrected chi connectivity index (χ1v) is 12.3. The second-order valence-corrected chi connectivity index (χ2v) is 9.23. The van der Waals surface area contributed by atoms with Crippen molar-refractivity contribution < 1.29 is 23.9 Å². The third-order valence-electron chi connectivity index (χ3n) is 5.70. The Bertz CT molecular complexity index is 1220. The maximum atomic E-state index is 12.9. The van der Waals surface area contributed by atoms with Crippen LogP contribution in [0.2, 0.25) is 0 Å². The van der Waals surface area contributed by atoms with Crippen LogP contribution in [0.3, 0.4) is 0 Å². The molecule has 3 aromatic rings. The molecule has 9 heteroatoms. The molecule has 1 aliphatic carbocycles. The van der Waals surface area contributed by atoms with Crippen molar-refractivity contribution in [2.75, 3.05) is 11.9 Å². The van der Waals surface area contributed by atoms with Crippen LogP contribution in [-0.4, -0.2) is 40.5 Å². The average Bonchev–Trinajstić information content (AvgIpc) is 3.14. The van der Waals surface area contributed by atoms with Gasteiger partial charge in [0.15, 0.2) is 11.8 Å². The van der Waals surface area contributed by atoms with Gasteiger partial charge in [0.1, 0.15) is 5.00 Å². The fraction of sp³-hybridized carbons (Fsp3) is 0.400. The molecule has 0 saturated carbocycles. The fourth-order valence-electron chi connectivity index (χ4n) is 3.97. The predicted octanol–water partition coefficient (Wildman–Crippen LogP) is 4.71. The van der Waals surface area contributed by atoms with Crippen molar-refractivity contribution in [1.82, 2.24) is 9.97 Å². The van der Waals surface area contributed by atoms with E-state index in [1.165, 1.54) is 24.5 Å². The largest absolute Gasteiger partial charge is 0.462 e. The Labute approximate surface area is 201 Å². The number of thiophene rings is 1. The van der Waals surface area contributed by atoms with Gasteiger partial charge in [-0.05, 0) is 57.2 Å². The van der Waals surface area contributed by atoms with Crippen LogP contribution < -0.4 is 5.32 Å². The first-order valence-electron chi connectivity index (χ1n) is 11.5. The molecule has 1 unspecified atom stereocenters. The minimum atomic E-state index is -1.10. The Balaban J connectivity index is 1.51. The quantitative estimate of drug-likeness (QED) is 0.508. The smallest absolute Gasteiger partial charge is 0.359 e. The van der Waals surface area contributed by atoms with Gasteiger partial charge in [-0.25, -0.2) is 14.6 Å². The summed E-state index contributed by atoms with van der Waals surface area (Å²) in [6, 6.07) is 7.17. The minimum Gasteiger partial charge on any atom is -0.462 e. The zero-order chi connectivity index (χ0) is 24.1. The summed E-state index contributed by atoms with van der Waals surface area (Å²) < 4.78 is 10.6. The van der Waals surface area contributed by atoms with Gasteiger partial charge in [0.25, 0.3) is 5.91 Å². The number of nitrogens with zero attached hydrogens (tertiary/aromatic N) is 2. The molecule has 2 heterocycles. The lowest BCUT2D eigenvalue weighted by atomic mass is 9.96. The first kappa shape index (κ1) is 23.8. The van der Waals surface area contributed by atoms with Crippen LogP contribution in [0, 0.1) is 0 Å². The van der Waals surface area contributed by atoms with E-state index >= 15 is 0 Å². The lowest BCUT2D eigenvalue weighted by Crippen LogP contribution is -2.30. The van der Waals surface area contributed by atoms with Crippen molar-refractivity contribution >= 4 is 45.2 Å². The summed E-state index contributed by atoms with van der Waals surface area (Å²) in [5, 5.41) is 3.25. The number of fused-ring (bicyclic) bond motifs is 2. The highest BCUT2D eigenvalue weighted by Gasteiger charge is 2.28. The number of esters is 2. The van der Waals surface area contributed by atoms with Gasteiger partial charge in [0.2, 0.25) is 0 Å². The number of ether oxygens (including phenoxy) is 2. The van der Waals surface area contributed by atoms with Crippen LogP contribution in [0.1, 0.15) is 70.8 Å². The van der Waals surface area contributed by atoms with Crippen LogP contribution in [0.4, 0.5) is 5.00 Å². The van der Waals surface area contributed by atoms with Gasteiger partial charge in [-0.15, -0.1) is 11.3 Å². The molecule has 1 aliphatic rings. The minimum absolute atomic E-state index is 0.0182. The maximum Gasteiger partial charge on any atom is 0.359 e. The molecule has 0 fully saturated rings. The van der Waals surface area contributed by atoms with Gasteiger partial charge in [0.05, 0.1) is 29.4 Å². The van der Waals surface area contributed by atoms with Crippen LogP contribution in [0.5, 0.6) is 0 Å². The molecule has 178 valence electrons. The topological polar surface area (TPSA) is 107 Å². The molecule has 34 heavy (non-hydrogen) atoms. The number of carbonyl (C=O) groups excluding carboxylic acids is 3. The van der Waals surface area contributed by atoms with E-state index in [2.05, 4.69) is 15.3 Å². The second kappa shape index (κ2) is 10.7. The first-order chi connectivity index (χ1) is 16.5. The zero-order valence-electron chi connectivity index (χ0n) is 19.3. The monoisotopic (exact) mass is 481 g/mol. The molecule has 0 aliphatic heterocycles. The normalized spacial score (nSPS) is 14.4. The Morgan fingerprint density at radius 2 is 1.79 bits per heavy atom. The number of hydrogen-bond donors (Lipinski definition) is 1. The molecule has 1 aromatic carbocycles. The molecular formula is C25H27N3O5S. The standard InChI is InChI=1S/C25H27N3O5S/c1-3-32-25(31)21-16-10-6-4-5-7-13-20(16)34-23(21)28-22(29)15(2)33-24(30)19-14-26-17-11-8-9-12-18(17)27-19/h8-9,11-12,14-15H,3-7,10,13H2,1-2H3,(H,28,29). The van der Waals surface area contributed by atoms with Crippen molar-refractivity contribution in [2.24, 2.45) is 0 Å². The van der Waals surface area contributed by atoms with Crippen molar-refractivity contribution in [1.29, 1.82) is 0 Å². The SMILES string of the molecule is CCOC(=O)c1c(NC(=O)C(C)OC(=O)c2cnc3ccccc3n2)sc2c1CCCCCC2. The van der Waals surface area contributed by atoms with E-state index in [0.717, 1.165) is 49.0 Å². The van der Waals surface area contributed by atoms with E-state index in [4.69, 9.17) is 9.47 Å². The molecule has 1 atom stereocenters. The number of amides is 1. The molecule has 4 rings (SSSR count). The number of carbonyl (C=O) groups is 3. The highest BCUT2D eigenvalue weighted by atomic mass is 32.1. The Morgan fingerprint density at radius 1 is 1.06 bits per heavy atom. The zero-order valence-corrected chi connectivity index (χ0v) is 20.1. The predicted molar refractivity (Wildman–Crippen MR) is 129 cm³/mol. The summed E-state index contributed by atoms with van der Waals surface area (Å²) in [6.45, 7) is 3.48. The van der Waals surface area contributed by atoms with Gasteiger partial charge in [-0.1, -0.05) is 25.0 Å². The molecule has 1 amide bonds. The van der Waals surface area contributed by atoms with Crippen molar-refractivity contribution in [2.45, 2.75) is 58.5 Å². The number of hydrogen-bond acceptors (Lipinski definition) is 8. The van der Waals surface area contributed by atoms with Gasteiger partial charge in [-0.3, -0.25) is 9.78 Å². The molecular weight excluding hydrogens is 454 g/mol. The Hall–Kier alpha value is -3.33. The van der Waals surface area contributed by atoms with E-state index in [9.17, 15) is 14.4 Å². The number of para-hydroxylation sites is 2. The van der Waals surface area contributed by atoms with E-state index in [0.29, 0.717) is 21.6 Å². The van der Waals surface area contributed by atoms with E-state index in [1.54, 1.807) is 25.1 Å². The van der Waals surface area contributed by atoms with Gasteiger partial charge in [0, 0.05) is 4.88 Å². The van der Waals surface area contributed by atoms with Crippen LogP contribution in [0.25, 0.3) is 11.0 Å². The fourth-order valence-corrected chi connectivity index (χ4v) is 5.25. The van der Waals surface area contributed by atoms with Gasteiger partial charge in [-0.2, -0.15) is 0 Å². The summed E-state index contributed by atoms with van der Waals surface area (Å²) in [6.07, 6.45) is 6.18. The third kappa shape index (κ3) is 5.25. The number of rotatable bonds is 6. The molecule has 0 saturated heterocycles. The summed E-state index contributed by atoms with van der Waals surface area (Å²) in [7, 11) is 0. The molecule has 0 spiro atoms.